The second-order valence-corrected chi connectivity index (χ2v) is 14.6. The number of phosphoric ester groups is 1. The summed E-state index contributed by atoms with van der Waals surface area (Å²) in [7, 11) is -3.45. The topological polar surface area (TPSA) is 264 Å². The van der Waals surface area contributed by atoms with Gasteiger partial charge in [0.1, 0.15) is 17.9 Å². The maximum absolute atomic E-state index is 13.9. The monoisotopic (exact) mass is 759 g/mol. The van der Waals surface area contributed by atoms with Crippen molar-refractivity contribution in [3.8, 4) is 0 Å². The smallest absolute Gasteiger partial charge is 0.394 e. The molecule has 1 aliphatic rings. The summed E-state index contributed by atoms with van der Waals surface area (Å²) in [6.45, 7) is 6.48. The Morgan fingerprint density at radius 2 is 1.73 bits per heavy atom. The van der Waals surface area contributed by atoms with Crippen LogP contribution in [0.4, 0.5) is 0 Å². The van der Waals surface area contributed by atoms with E-state index in [1.807, 2.05) is 13.8 Å². The molecule has 2 rings (SSSR count). The first-order chi connectivity index (χ1) is 24.5. The summed E-state index contributed by atoms with van der Waals surface area (Å²) in [5.41, 5.74) is 0.496. The third kappa shape index (κ3) is 15.3. The third-order valence-electron chi connectivity index (χ3n) is 8.72. The lowest BCUT2D eigenvalue weighted by Crippen LogP contribution is -2.52. The highest BCUT2D eigenvalue weighted by Crippen LogP contribution is 2.39. The average molecular weight is 760 g/mol. The Morgan fingerprint density at radius 3 is 2.31 bits per heavy atom. The van der Waals surface area contributed by atoms with Crippen LogP contribution in [-0.4, -0.2) is 129 Å². The number of methoxy groups -OCH3 is 1. The normalized spacial score (nSPS) is 17.6. The van der Waals surface area contributed by atoms with Crippen molar-refractivity contribution in [1.82, 2.24) is 25.5 Å². The summed E-state index contributed by atoms with van der Waals surface area (Å²) in [5.74, 6) is -5.78. The van der Waals surface area contributed by atoms with Gasteiger partial charge in [-0.25, -0.2) is 9.55 Å². The molecule has 0 saturated carbocycles. The Labute approximate surface area is 303 Å². The summed E-state index contributed by atoms with van der Waals surface area (Å²) in [4.78, 5) is 106. The molecule has 294 valence electrons. The van der Waals surface area contributed by atoms with E-state index in [1.165, 1.54) is 24.3 Å². The van der Waals surface area contributed by atoms with Crippen LogP contribution < -0.4 is 10.6 Å². The van der Waals surface area contributed by atoms with Crippen LogP contribution in [0.2, 0.25) is 0 Å². The number of aromatic nitrogens is 2. The molecule has 6 N–H and O–H groups in total. The summed E-state index contributed by atoms with van der Waals surface area (Å²) in [5, 5.41) is 15.3. The Balaban J connectivity index is 2.19. The van der Waals surface area contributed by atoms with Gasteiger partial charge in [-0.3, -0.25) is 33.3 Å². The van der Waals surface area contributed by atoms with Crippen molar-refractivity contribution < 1.29 is 62.2 Å². The molecule has 19 heteroatoms. The fraction of sp³-hybridized carbons (Fsp3) is 0.727. The maximum atomic E-state index is 13.9. The van der Waals surface area contributed by atoms with Crippen molar-refractivity contribution in [1.29, 1.82) is 0 Å². The summed E-state index contributed by atoms with van der Waals surface area (Å²) in [6.07, 6.45) is 1.85. The van der Waals surface area contributed by atoms with Crippen LogP contribution in [0.1, 0.15) is 71.9 Å². The molecule has 0 radical (unpaired) electrons. The number of ketones is 3. The molecule has 1 aromatic rings. The fourth-order valence-electron chi connectivity index (χ4n) is 6.01. The number of likely N-dealkylation sites (tertiary alicyclic amines) is 1. The molecule has 1 aliphatic heterocycles. The molecule has 18 nitrogen and oxygen atoms in total. The van der Waals surface area contributed by atoms with Crippen molar-refractivity contribution in [3.05, 3.63) is 18.2 Å². The molecule has 1 unspecified atom stereocenters. The van der Waals surface area contributed by atoms with Gasteiger partial charge in [-0.2, -0.15) is 0 Å². The van der Waals surface area contributed by atoms with Gasteiger partial charge >= 0.3 is 7.82 Å². The average Bonchev–Trinajstić information content (AvgIpc) is 3.76. The quantitative estimate of drug-likeness (QED) is 0.0577. The highest BCUT2D eigenvalue weighted by molar-refractivity contribution is 7.46. The van der Waals surface area contributed by atoms with Crippen molar-refractivity contribution in [2.24, 2.45) is 17.8 Å². The molecule has 0 bridgehead atoms. The van der Waals surface area contributed by atoms with E-state index in [0.717, 1.165) is 6.92 Å². The Bertz CT molecular complexity index is 1390. The number of aromatic amines is 1. The number of imidazole rings is 1. The first kappa shape index (κ1) is 44.8. The molecule has 6 atom stereocenters. The number of nitrogens with zero attached hydrogens (tertiary/aromatic N) is 2. The molecule has 0 aliphatic carbocycles. The predicted octanol–water partition coefficient (Wildman–Crippen LogP) is 0.242. The standard InChI is InChI=1S/C33H54N5O13P/c1-20(2)13-26(36-33(45)28-7-6-9-38(28)31(43)8-10-50-12-11-49-5)29(41)15-23(14-24-17-34-19-35-24)32(44)37-27(18-39)30(42)16-25(21(3)40)22(4)51-52(46,47)48/h17,19-20,22-23,25-28,39H,6-16,18H2,1-5H3,(H,34,35)(H,36,45)(H,37,44)(H2,46,47,48)/t22?,23-,25-,26+,27+,28+/m1/s1. The number of H-pyrrole nitrogens is 1. The molecule has 0 spiro atoms. The number of hydrogen-bond donors (Lipinski definition) is 6. The zero-order chi connectivity index (χ0) is 39.0. The van der Waals surface area contributed by atoms with Gasteiger partial charge in [0.15, 0.2) is 11.6 Å². The van der Waals surface area contributed by atoms with Gasteiger partial charge in [0.2, 0.25) is 17.7 Å². The molecule has 52 heavy (non-hydrogen) atoms. The predicted molar refractivity (Wildman–Crippen MR) is 184 cm³/mol. The maximum Gasteiger partial charge on any atom is 0.469 e. The number of aliphatic hydroxyl groups excluding tert-OH is 1. The second-order valence-electron chi connectivity index (χ2n) is 13.4. The molecule has 3 amide bonds. The number of hydrogen-bond acceptors (Lipinski definition) is 12. The number of Topliss-reactive ketones (excluding diaryl/α,β-unsaturated/α-hetero) is 3. The van der Waals surface area contributed by atoms with E-state index in [4.69, 9.17) is 19.3 Å². The summed E-state index contributed by atoms with van der Waals surface area (Å²) < 4.78 is 26.2. The molecular formula is C33H54N5O13P. The lowest BCUT2D eigenvalue weighted by Gasteiger charge is -2.28. The number of amides is 3. The number of aliphatic hydroxyl groups is 1. The number of carbonyl (C=O) groups excluding carboxylic acids is 6. The van der Waals surface area contributed by atoms with Crippen LogP contribution in [0.15, 0.2) is 12.5 Å². The fourth-order valence-corrected chi connectivity index (χ4v) is 6.59. The van der Waals surface area contributed by atoms with Gasteiger partial charge in [0.25, 0.3) is 0 Å². The van der Waals surface area contributed by atoms with Crippen LogP contribution in [0, 0.1) is 17.8 Å². The van der Waals surface area contributed by atoms with Crippen LogP contribution in [-0.2, 0) is 53.8 Å². The summed E-state index contributed by atoms with van der Waals surface area (Å²) >= 11 is 0. The first-order valence-electron chi connectivity index (χ1n) is 17.3. The number of rotatable bonds is 25. The largest absolute Gasteiger partial charge is 0.469 e. The Morgan fingerprint density at radius 1 is 1.04 bits per heavy atom. The minimum atomic E-state index is -4.99. The highest BCUT2D eigenvalue weighted by Gasteiger charge is 2.38. The van der Waals surface area contributed by atoms with E-state index in [-0.39, 0.29) is 44.1 Å². The van der Waals surface area contributed by atoms with Crippen molar-refractivity contribution >= 4 is 42.9 Å². The van der Waals surface area contributed by atoms with Gasteiger partial charge in [-0.15, -0.1) is 0 Å². The highest BCUT2D eigenvalue weighted by atomic mass is 31.2. The molecular weight excluding hydrogens is 705 g/mol. The number of ether oxygens (including phenoxy) is 2. The van der Waals surface area contributed by atoms with E-state index in [2.05, 4.69) is 25.1 Å². The van der Waals surface area contributed by atoms with Gasteiger partial charge in [-0.05, 0) is 39.0 Å². The molecule has 0 aromatic carbocycles. The van der Waals surface area contributed by atoms with Crippen LogP contribution in [0.25, 0.3) is 0 Å². The number of phosphoric acid groups is 1. The minimum Gasteiger partial charge on any atom is -0.394 e. The molecule has 1 fully saturated rings. The van der Waals surface area contributed by atoms with Crippen LogP contribution in [0.5, 0.6) is 0 Å². The third-order valence-corrected chi connectivity index (χ3v) is 9.33. The van der Waals surface area contributed by atoms with E-state index in [1.54, 1.807) is 7.11 Å². The molecule has 1 aromatic heterocycles. The van der Waals surface area contributed by atoms with Crippen LogP contribution >= 0.6 is 7.82 Å². The van der Waals surface area contributed by atoms with Gasteiger partial charge in [0.05, 0.1) is 63.2 Å². The van der Waals surface area contributed by atoms with Gasteiger partial charge in [0, 0.05) is 44.8 Å². The molecule has 1 saturated heterocycles. The Hall–Kier alpha value is -3.38. The van der Waals surface area contributed by atoms with Crippen molar-refractivity contribution in [3.63, 3.8) is 0 Å². The SMILES string of the molecule is COCCOCCC(=O)N1CCC[C@H]1C(=O)N[C@@H](CC(C)C)C(=O)C[C@@H](Cc1cnc[nH]1)C(=O)N[C@@H](CO)C(=O)C[C@H](C(C)=O)C(C)OP(=O)(O)O. The van der Waals surface area contributed by atoms with E-state index < -0.39 is 86.1 Å². The van der Waals surface area contributed by atoms with Gasteiger partial charge in [-0.1, -0.05) is 13.8 Å². The molecule has 2 heterocycles. The van der Waals surface area contributed by atoms with Crippen LogP contribution in [0.3, 0.4) is 0 Å². The van der Waals surface area contributed by atoms with E-state index in [0.29, 0.717) is 38.3 Å². The number of carbonyl (C=O) groups is 6. The van der Waals surface area contributed by atoms with E-state index in [9.17, 15) is 38.4 Å². The zero-order valence-corrected chi connectivity index (χ0v) is 31.3. The van der Waals surface area contributed by atoms with E-state index >= 15 is 0 Å². The zero-order valence-electron chi connectivity index (χ0n) is 30.4. The van der Waals surface area contributed by atoms with Crippen molar-refractivity contribution in [2.45, 2.75) is 96.9 Å². The minimum absolute atomic E-state index is 0.0210. The first-order valence-corrected chi connectivity index (χ1v) is 18.8. The van der Waals surface area contributed by atoms with Crippen molar-refractivity contribution in [2.75, 3.05) is 40.1 Å². The number of nitrogens with one attached hydrogen (secondary N) is 3. The second kappa shape index (κ2) is 22.0. The Kier molecular flexibility index (Phi) is 18.9. The lowest BCUT2D eigenvalue weighted by molar-refractivity contribution is -0.140. The lowest BCUT2D eigenvalue weighted by atomic mass is 9.89. The summed E-state index contributed by atoms with van der Waals surface area (Å²) in [6, 6.07) is -3.29. The van der Waals surface area contributed by atoms with Gasteiger partial charge < -0.3 is 44.9 Å².